The molecule has 0 heterocycles. The molecule has 1 aromatic carbocycles. The first-order valence-corrected chi connectivity index (χ1v) is 7.40. The van der Waals surface area contributed by atoms with Crippen LogP contribution in [0.4, 0.5) is 0 Å². The van der Waals surface area contributed by atoms with Crippen LogP contribution >= 0.6 is 15.9 Å². The van der Waals surface area contributed by atoms with Gasteiger partial charge in [0.05, 0.1) is 5.75 Å². The van der Waals surface area contributed by atoms with E-state index in [1.807, 2.05) is 24.3 Å². The Bertz CT molecular complexity index is 434. The summed E-state index contributed by atoms with van der Waals surface area (Å²) in [5, 5.41) is 0. The molecule has 0 bridgehead atoms. The molecule has 0 fully saturated rings. The minimum absolute atomic E-state index is 0.0809. The zero-order chi connectivity index (χ0) is 12.0. The van der Waals surface area contributed by atoms with Crippen LogP contribution in [0.25, 0.3) is 0 Å². The van der Waals surface area contributed by atoms with Crippen LogP contribution < -0.4 is 10.5 Å². The van der Waals surface area contributed by atoms with Crippen molar-refractivity contribution in [3.8, 4) is 0 Å². The van der Waals surface area contributed by atoms with E-state index in [1.165, 1.54) is 0 Å². The lowest BCUT2D eigenvalue weighted by Crippen LogP contribution is -2.27. The third-order valence-electron chi connectivity index (χ3n) is 2.00. The number of hydrogen-bond donors (Lipinski definition) is 2. The van der Waals surface area contributed by atoms with E-state index in [2.05, 4.69) is 20.7 Å². The van der Waals surface area contributed by atoms with Crippen LogP contribution in [0.15, 0.2) is 28.7 Å². The SMILES string of the molecule is NCCCS(=O)(=O)NCc1cccc(Br)c1. The van der Waals surface area contributed by atoms with E-state index in [4.69, 9.17) is 5.73 Å². The summed E-state index contributed by atoms with van der Waals surface area (Å²) in [4.78, 5) is 0. The van der Waals surface area contributed by atoms with Gasteiger partial charge in [-0.1, -0.05) is 28.1 Å². The molecule has 3 N–H and O–H groups in total. The largest absolute Gasteiger partial charge is 0.330 e. The average molecular weight is 307 g/mol. The molecular weight excluding hydrogens is 292 g/mol. The molecule has 0 aliphatic heterocycles. The lowest BCUT2D eigenvalue weighted by atomic mass is 10.2. The van der Waals surface area contributed by atoms with Crippen molar-refractivity contribution in [1.82, 2.24) is 4.72 Å². The van der Waals surface area contributed by atoms with Crippen molar-refractivity contribution in [3.05, 3.63) is 34.3 Å². The molecule has 1 aromatic rings. The predicted molar refractivity (Wildman–Crippen MR) is 68.4 cm³/mol. The van der Waals surface area contributed by atoms with E-state index in [1.54, 1.807) is 0 Å². The molecule has 90 valence electrons. The number of hydrogen-bond acceptors (Lipinski definition) is 3. The highest BCUT2D eigenvalue weighted by Crippen LogP contribution is 2.11. The summed E-state index contributed by atoms with van der Waals surface area (Å²) in [5.41, 5.74) is 6.19. The van der Waals surface area contributed by atoms with Gasteiger partial charge < -0.3 is 5.73 Å². The zero-order valence-electron chi connectivity index (χ0n) is 8.82. The summed E-state index contributed by atoms with van der Waals surface area (Å²) in [6, 6.07) is 7.52. The first kappa shape index (κ1) is 13.6. The summed E-state index contributed by atoms with van der Waals surface area (Å²) in [7, 11) is -3.20. The number of halogens is 1. The molecule has 0 amide bonds. The molecule has 0 aromatic heterocycles. The van der Waals surface area contributed by atoms with Crippen molar-refractivity contribution in [2.24, 2.45) is 5.73 Å². The quantitative estimate of drug-likeness (QED) is 0.830. The van der Waals surface area contributed by atoms with Crippen molar-refractivity contribution >= 4 is 26.0 Å². The Morgan fingerprint density at radius 3 is 2.75 bits per heavy atom. The van der Waals surface area contributed by atoms with Gasteiger partial charge in [-0.15, -0.1) is 0 Å². The van der Waals surface area contributed by atoms with Gasteiger partial charge in [0.15, 0.2) is 0 Å². The standard InChI is InChI=1S/C10H15BrN2O2S/c11-10-4-1-3-9(7-10)8-13-16(14,15)6-2-5-12/h1,3-4,7,13H,2,5-6,8,12H2. The first-order valence-electron chi connectivity index (χ1n) is 4.95. The molecule has 0 atom stereocenters. The fraction of sp³-hybridized carbons (Fsp3) is 0.400. The summed E-state index contributed by atoms with van der Waals surface area (Å²) in [6.45, 7) is 0.699. The van der Waals surface area contributed by atoms with Crippen LogP contribution in [0.3, 0.4) is 0 Å². The van der Waals surface area contributed by atoms with E-state index in [0.29, 0.717) is 19.5 Å². The molecule has 0 radical (unpaired) electrons. The number of nitrogens with one attached hydrogen (secondary N) is 1. The minimum atomic E-state index is -3.20. The summed E-state index contributed by atoms with van der Waals surface area (Å²) in [6.07, 6.45) is 0.480. The summed E-state index contributed by atoms with van der Waals surface area (Å²) < 4.78 is 26.4. The van der Waals surface area contributed by atoms with Crippen molar-refractivity contribution < 1.29 is 8.42 Å². The zero-order valence-corrected chi connectivity index (χ0v) is 11.2. The van der Waals surface area contributed by atoms with E-state index in [-0.39, 0.29) is 5.75 Å². The highest BCUT2D eigenvalue weighted by molar-refractivity contribution is 9.10. The molecule has 0 saturated heterocycles. The molecule has 0 aliphatic carbocycles. The molecular formula is C10H15BrN2O2S. The van der Waals surface area contributed by atoms with Crippen molar-refractivity contribution in [3.63, 3.8) is 0 Å². The topological polar surface area (TPSA) is 72.2 Å². The second kappa shape index (κ2) is 6.34. The maximum Gasteiger partial charge on any atom is 0.211 e. The second-order valence-corrected chi connectivity index (χ2v) is 6.25. The minimum Gasteiger partial charge on any atom is -0.330 e. The molecule has 16 heavy (non-hydrogen) atoms. The Kier molecular flexibility index (Phi) is 5.40. The summed E-state index contributed by atoms with van der Waals surface area (Å²) >= 11 is 3.33. The van der Waals surface area contributed by atoms with E-state index < -0.39 is 10.0 Å². The summed E-state index contributed by atoms with van der Waals surface area (Å²) in [5.74, 6) is 0.0809. The number of benzene rings is 1. The van der Waals surface area contributed by atoms with Crippen molar-refractivity contribution in [1.29, 1.82) is 0 Å². The Morgan fingerprint density at radius 2 is 2.12 bits per heavy atom. The van der Waals surface area contributed by atoms with Gasteiger partial charge >= 0.3 is 0 Å². The fourth-order valence-electron chi connectivity index (χ4n) is 1.19. The number of sulfonamides is 1. The number of nitrogens with two attached hydrogens (primary N) is 1. The lowest BCUT2D eigenvalue weighted by molar-refractivity contribution is 0.579. The van der Waals surface area contributed by atoms with Gasteiger partial charge in [-0.3, -0.25) is 0 Å². The molecule has 0 unspecified atom stereocenters. The van der Waals surface area contributed by atoms with Crippen molar-refractivity contribution in [2.75, 3.05) is 12.3 Å². The van der Waals surface area contributed by atoms with Crippen LogP contribution in [0.1, 0.15) is 12.0 Å². The first-order chi connectivity index (χ1) is 7.53. The van der Waals surface area contributed by atoms with Gasteiger partial charge in [0.1, 0.15) is 0 Å². The molecule has 0 aliphatic rings. The molecule has 6 heteroatoms. The second-order valence-electron chi connectivity index (χ2n) is 3.41. The molecule has 0 saturated carbocycles. The van der Waals surface area contributed by atoms with Crippen LogP contribution in [-0.4, -0.2) is 20.7 Å². The molecule has 0 spiro atoms. The van der Waals surface area contributed by atoms with Crippen molar-refractivity contribution in [2.45, 2.75) is 13.0 Å². The highest BCUT2D eigenvalue weighted by atomic mass is 79.9. The Morgan fingerprint density at radius 1 is 1.38 bits per heavy atom. The predicted octanol–water partition coefficient (Wildman–Crippen LogP) is 1.22. The highest BCUT2D eigenvalue weighted by Gasteiger charge is 2.08. The van der Waals surface area contributed by atoms with E-state index >= 15 is 0 Å². The van der Waals surface area contributed by atoms with Crippen LogP contribution in [0.2, 0.25) is 0 Å². The van der Waals surface area contributed by atoms with Crippen LogP contribution in [0, 0.1) is 0 Å². The van der Waals surface area contributed by atoms with Gasteiger partial charge in [-0.25, -0.2) is 13.1 Å². The third-order valence-corrected chi connectivity index (χ3v) is 3.91. The maximum atomic E-state index is 11.5. The Labute approximate surface area is 104 Å². The Balaban J connectivity index is 2.51. The van der Waals surface area contributed by atoms with Crippen LogP contribution in [-0.2, 0) is 16.6 Å². The Hall–Kier alpha value is -0.430. The monoisotopic (exact) mass is 306 g/mol. The van der Waals surface area contributed by atoms with Gasteiger partial charge in [0.25, 0.3) is 0 Å². The smallest absolute Gasteiger partial charge is 0.211 e. The van der Waals surface area contributed by atoms with E-state index in [9.17, 15) is 8.42 Å². The molecule has 1 rings (SSSR count). The van der Waals surface area contributed by atoms with E-state index in [0.717, 1.165) is 10.0 Å². The van der Waals surface area contributed by atoms with Gasteiger partial charge in [-0.2, -0.15) is 0 Å². The van der Waals surface area contributed by atoms with Crippen LogP contribution in [0.5, 0.6) is 0 Å². The molecule has 4 nitrogen and oxygen atoms in total. The lowest BCUT2D eigenvalue weighted by Gasteiger charge is -2.06. The maximum absolute atomic E-state index is 11.5. The number of rotatable bonds is 6. The third kappa shape index (κ3) is 5.07. The van der Waals surface area contributed by atoms with Gasteiger partial charge in [0.2, 0.25) is 10.0 Å². The van der Waals surface area contributed by atoms with Gasteiger partial charge in [-0.05, 0) is 30.7 Å². The van der Waals surface area contributed by atoms with Gasteiger partial charge in [0, 0.05) is 11.0 Å². The normalized spacial score (nSPS) is 11.6. The fourth-order valence-corrected chi connectivity index (χ4v) is 2.71. The average Bonchev–Trinajstić information content (AvgIpc) is 2.24.